The minimum absolute atomic E-state index is 0.198. The third-order valence-corrected chi connectivity index (χ3v) is 4.06. The minimum atomic E-state index is -0.618. The molecule has 15 heavy (non-hydrogen) atoms. The van der Waals surface area contributed by atoms with Gasteiger partial charge in [-0.2, -0.15) is 0 Å². The molecule has 0 bridgehead atoms. The standard InChI is InChI=1S/C13H22O2/c1-3-5-6-9-13-11(15-13)7-10-12(13,14)8-4-2/h4,11,14H,2-3,5-10H2,1H3/t11-,12+,13-/m0/s1. The van der Waals surface area contributed by atoms with Gasteiger partial charge < -0.3 is 9.84 Å². The molecule has 0 aromatic heterocycles. The average molecular weight is 210 g/mol. The van der Waals surface area contributed by atoms with Crippen LogP contribution in [0.2, 0.25) is 0 Å². The van der Waals surface area contributed by atoms with Crippen molar-refractivity contribution in [3.05, 3.63) is 12.7 Å². The maximum absolute atomic E-state index is 10.6. The predicted molar refractivity (Wildman–Crippen MR) is 60.7 cm³/mol. The van der Waals surface area contributed by atoms with E-state index in [-0.39, 0.29) is 5.60 Å². The Balaban J connectivity index is 1.97. The van der Waals surface area contributed by atoms with E-state index >= 15 is 0 Å². The third-order valence-electron chi connectivity index (χ3n) is 4.06. The van der Waals surface area contributed by atoms with E-state index in [9.17, 15) is 5.11 Å². The number of unbranched alkanes of at least 4 members (excludes halogenated alkanes) is 2. The summed E-state index contributed by atoms with van der Waals surface area (Å²) in [5.74, 6) is 0. The molecule has 0 aromatic carbocycles. The van der Waals surface area contributed by atoms with Crippen molar-refractivity contribution in [1.29, 1.82) is 0 Å². The van der Waals surface area contributed by atoms with Gasteiger partial charge in [0.2, 0.25) is 0 Å². The van der Waals surface area contributed by atoms with Crippen molar-refractivity contribution >= 4 is 0 Å². The van der Waals surface area contributed by atoms with Gasteiger partial charge in [0.1, 0.15) is 5.60 Å². The van der Waals surface area contributed by atoms with E-state index in [4.69, 9.17) is 4.74 Å². The predicted octanol–water partition coefficient (Wildman–Crippen LogP) is 2.81. The number of fused-ring (bicyclic) bond motifs is 1. The van der Waals surface area contributed by atoms with Gasteiger partial charge in [0.15, 0.2) is 0 Å². The fourth-order valence-corrected chi connectivity index (χ4v) is 3.11. The molecule has 86 valence electrons. The van der Waals surface area contributed by atoms with Gasteiger partial charge in [-0.3, -0.25) is 0 Å². The number of aliphatic hydroxyl groups is 1. The second-order valence-corrected chi connectivity index (χ2v) is 5.02. The number of rotatable bonds is 6. The normalized spacial score (nSPS) is 42.7. The van der Waals surface area contributed by atoms with Crippen LogP contribution in [0.4, 0.5) is 0 Å². The molecule has 2 nitrogen and oxygen atoms in total. The van der Waals surface area contributed by atoms with Crippen LogP contribution >= 0.6 is 0 Å². The van der Waals surface area contributed by atoms with Gasteiger partial charge in [0.05, 0.1) is 11.7 Å². The van der Waals surface area contributed by atoms with Gasteiger partial charge in [0, 0.05) is 0 Å². The zero-order valence-electron chi connectivity index (χ0n) is 9.67. The van der Waals surface area contributed by atoms with E-state index in [0.29, 0.717) is 12.5 Å². The summed E-state index contributed by atoms with van der Waals surface area (Å²) >= 11 is 0. The molecule has 2 fully saturated rings. The highest BCUT2D eigenvalue weighted by molar-refractivity contribution is 5.22. The number of hydrogen-bond donors (Lipinski definition) is 1. The second-order valence-electron chi connectivity index (χ2n) is 5.02. The Morgan fingerprint density at radius 3 is 2.93 bits per heavy atom. The van der Waals surface area contributed by atoms with E-state index in [0.717, 1.165) is 19.3 Å². The molecule has 2 rings (SSSR count). The summed E-state index contributed by atoms with van der Waals surface area (Å²) in [7, 11) is 0. The van der Waals surface area contributed by atoms with E-state index in [2.05, 4.69) is 13.5 Å². The maximum atomic E-state index is 10.6. The highest BCUT2D eigenvalue weighted by atomic mass is 16.6. The lowest BCUT2D eigenvalue weighted by Crippen LogP contribution is -2.42. The fraction of sp³-hybridized carbons (Fsp3) is 0.846. The largest absolute Gasteiger partial charge is 0.386 e. The Labute approximate surface area is 92.3 Å². The van der Waals surface area contributed by atoms with Gasteiger partial charge in [-0.05, 0) is 25.7 Å². The molecule has 2 heteroatoms. The van der Waals surface area contributed by atoms with Crippen LogP contribution in [0, 0.1) is 0 Å². The first-order valence-corrected chi connectivity index (χ1v) is 6.19. The van der Waals surface area contributed by atoms with Crippen LogP contribution in [-0.2, 0) is 4.74 Å². The lowest BCUT2D eigenvalue weighted by atomic mass is 9.83. The summed E-state index contributed by atoms with van der Waals surface area (Å²) in [6.45, 7) is 5.94. The molecule has 1 heterocycles. The smallest absolute Gasteiger partial charge is 0.124 e. The summed E-state index contributed by atoms with van der Waals surface area (Å²) in [4.78, 5) is 0. The zero-order valence-corrected chi connectivity index (χ0v) is 9.67. The van der Waals surface area contributed by atoms with Crippen LogP contribution in [-0.4, -0.2) is 22.4 Å². The molecule has 1 aliphatic carbocycles. The molecule has 1 N–H and O–H groups in total. The summed E-state index contributed by atoms with van der Waals surface area (Å²) in [5.41, 5.74) is -0.816. The average Bonchev–Trinajstić information content (AvgIpc) is 2.86. The fourth-order valence-electron chi connectivity index (χ4n) is 3.11. The van der Waals surface area contributed by atoms with E-state index in [1.165, 1.54) is 19.3 Å². The lowest BCUT2D eigenvalue weighted by Gasteiger charge is -2.30. The molecular formula is C13H22O2. The molecule has 3 atom stereocenters. The summed E-state index contributed by atoms with van der Waals surface area (Å²) in [6, 6.07) is 0. The molecule has 0 spiro atoms. The molecule has 0 aromatic rings. The van der Waals surface area contributed by atoms with Crippen LogP contribution in [0.5, 0.6) is 0 Å². The molecule has 1 aliphatic heterocycles. The Morgan fingerprint density at radius 2 is 2.33 bits per heavy atom. The van der Waals surface area contributed by atoms with Crippen LogP contribution in [0.15, 0.2) is 12.7 Å². The quantitative estimate of drug-likeness (QED) is 0.415. The maximum Gasteiger partial charge on any atom is 0.124 e. The zero-order chi connectivity index (χ0) is 10.9. The highest BCUT2D eigenvalue weighted by Crippen LogP contribution is 2.59. The third kappa shape index (κ3) is 1.64. The Bertz CT molecular complexity index is 251. The second kappa shape index (κ2) is 3.91. The number of ether oxygens (including phenoxy) is 1. The first-order chi connectivity index (χ1) is 7.18. The molecule has 1 saturated carbocycles. The molecule has 2 aliphatic rings. The van der Waals surface area contributed by atoms with Gasteiger partial charge >= 0.3 is 0 Å². The molecular weight excluding hydrogens is 188 g/mol. The van der Waals surface area contributed by atoms with Crippen LogP contribution < -0.4 is 0 Å². The molecule has 1 saturated heterocycles. The SMILES string of the molecule is C=CC[C@@]1(O)CC[C@@H]2O[C@@]21CCCCC. The Kier molecular flexibility index (Phi) is 2.91. The number of epoxide rings is 1. The molecule has 0 amide bonds. The first-order valence-electron chi connectivity index (χ1n) is 6.19. The van der Waals surface area contributed by atoms with E-state index < -0.39 is 5.60 Å². The first kappa shape index (κ1) is 11.2. The van der Waals surface area contributed by atoms with E-state index in [1.807, 2.05) is 6.08 Å². The van der Waals surface area contributed by atoms with Gasteiger partial charge in [-0.15, -0.1) is 6.58 Å². The summed E-state index contributed by atoms with van der Waals surface area (Å²) in [6.07, 6.45) is 9.40. The van der Waals surface area contributed by atoms with E-state index in [1.54, 1.807) is 0 Å². The summed E-state index contributed by atoms with van der Waals surface area (Å²) < 4.78 is 5.76. The van der Waals surface area contributed by atoms with Gasteiger partial charge in [0.25, 0.3) is 0 Å². The van der Waals surface area contributed by atoms with Crippen molar-refractivity contribution in [3.63, 3.8) is 0 Å². The van der Waals surface area contributed by atoms with Crippen LogP contribution in [0.3, 0.4) is 0 Å². The van der Waals surface area contributed by atoms with Crippen LogP contribution in [0.25, 0.3) is 0 Å². The van der Waals surface area contributed by atoms with Crippen molar-refractivity contribution in [2.75, 3.05) is 0 Å². The van der Waals surface area contributed by atoms with Gasteiger partial charge in [-0.1, -0.05) is 32.3 Å². The van der Waals surface area contributed by atoms with Crippen molar-refractivity contribution in [2.45, 2.75) is 69.2 Å². The molecule has 0 radical (unpaired) electrons. The summed E-state index contributed by atoms with van der Waals surface area (Å²) in [5, 5.41) is 10.6. The van der Waals surface area contributed by atoms with Crippen LogP contribution in [0.1, 0.15) is 51.9 Å². The van der Waals surface area contributed by atoms with Crippen molar-refractivity contribution < 1.29 is 9.84 Å². The van der Waals surface area contributed by atoms with Crippen molar-refractivity contribution in [1.82, 2.24) is 0 Å². The van der Waals surface area contributed by atoms with Crippen molar-refractivity contribution in [2.24, 2.45) is 0 Å². The van der Waals surface area contributed by atoms with Crippen molar-refractivity contribution in [3.8, 4) is 0 Å². The van der Waals surface area contributed by atoms with Gasteiger partial charge in [-0.25, -0.2) is 0 Å². The molecule has 0 unspecified atom stereocenters. The Morgan fingerprint density at radius 1 is 1.53 bits per heavy atom. The minimum Gasteiger partial charge on any atom is -0.386 e. The number of hydrogen-bond acceptors (Lipinski definition) is 2. The highest BCUT2D eigenvalue weighted by Gasteiger charge is 2.71. The Hall–Kier alpha value is -0.340. The lowest BCUT2D eigenvalue weighted by molar-refractivity contribution is -0.0441. The monoisotopic (exact) mass is 210 g/mol. The topological polar surface area (TPSA) is 32.8 Å².